The molecule has 9 heteroatoms. The van der Waals surface area contributed by atoms with Crippen molar-refractivity contribution in [2.24, 2.45) is 0 Å². The van der Waals surface area contributed by atoms with Crippen LogP contribution < -0.4 is 10.6 Å². The van der Waals surface area contributed by atoms with Crippen molar-refractivity contribution in [3.05, 3.63) is 12.2 Å². The van der Waals surface area contributed by atoms with E-state index in [1.807, 2.05) is 34.6 Å². The van der Waals surface area contributed by atoms with Gasteiger partial charge in [0.1, 0.15) is 0 Å². The topological polar surface area (TPSA) is 114 Å². The van der Waals surface area contributed by atoms with Gasteiger partial charge < -0.3 is 20.1 Å². The van der Waals surface area contributed by atoms with Crippen molar-refractivity contribution in [2.75, 3.05) is 32.9 Å². The minimum Gasteiger partial charge on any atom is -0.382 e. The van der Waals surface area contributed by atoms with Gasteiger partial charge in [-0.15, -0.1) is 0 Å². The predicted octanol–water partition coefficient (Wildman–Crippen LogP) is 1.31. The number of amides is 4. The summed E-state index contributed by atoms with van der Waals surface area (Å²) < 4.78 is 11.1. The van der Waals surface area contributed by atoms with Gasteiger partial charge in [0.2, 0.25) is 11.8 Å². The minimum absolute atomic E-state index is 0.0401. The molecule has 0 aromatic carbocycles. The van der Waals surface area contributed by atoms with Crippen molar-refractivity contribution in [2.45, 2.75) is 71.4 Å². The van der Waals surface area contributed by atoms with Gasteiger partial charge in [-0.2, -0.15) is 0 Å². The molecule has 1 rings (SSSR count). The lowest BCUT2D eigenvalue weighted by Gasteiger charge is -2.30. The summed E-state index contributed by atoms with van der Waals surface area (Å²) in [5.41, 5.74) is -1.17. The summed E-state index contributed by atoms with van der Waals surface area (Å²) in [5.74, 6) is -1.12. The number of nitrogens with zero attached hydrogens (tertiary/aromatic N) is 1. The molecule has 1 heterocycles. The van der Waals surface area contributed by atoms with Gasteiger partial charge >= 0.3 is 0 Å². The van der Waals surface area contributed by atoms with Gasteiger partial charge in [0.25, 0.3) is 11.8 Å². The van der Waals surface area contributed by atoms with E-state index in [1.54, 1.807) is 0 Å². The van der Waals surface area contributed by atoms with Crippen molar-refractivity contribution < 1.29 is 28.7 Å². The van der Waals surface area contributed by atoms with Gasteiger partial charge in [-0.1, -0.05) is 0 Å². The highest BCUT2D eigenvalue weighted by molar-refractivity contribution is 6.13. The van der Waals surface area contributed by atoms with Crippen LogP contribution in [0.4, 0.5) is 0 Å². The van der Waals surface area contributed by atoms with E-state index >= 15 is 0 Å². The fourth-order valence-electron chi connectivity index (χ4n) is 3.00. The fourth-order valence-corrected chi connectivity index (χ4v) is 3.00. The first kappa shape index (κ1) is 26.8. The Morgan fingerprint density at radius 2 is 1.68 bits per heavy atom. The quantitative estimate of drug-likeness (QED) is 0.294. The molecule has 0 unspecified atom stereocenters. The zero-order valence-corrected chi connectivity index (χ0v) is 19.4. The molecule has 0 saturated carbocycles. The Kier molecular flexibility index (Phi) is 10.8. The Hall–Kier alpha value is -2.26. The number of hydrogen-bond acceptors (Lipinski definition) is 6. The van der Waals surface area contributed by atoms with Crippen molar-refractivity contribution in [3.63, 3.8) is 0 Å². The normalized spacial score (nSPS) is 14.3. The highest BCUT2D eigenvalue weighted by atomic mass is 16.5. The summed E-state index contributed by atoms with van der Waals surface area (Å²) in [5, 5.41) is 5.76. The average molecular weight is 440 g/mol. The lowest BCUT2D eigenvalue weighted by molar-refractivity contribution is -0.137. The number of carbonyl (C=O) groups is 4. The van der Waals surface area contributed by atoms with E-state index in [1.165, 1.54) is 12.2 Å². The molecule has 4 amide bonds. The summed E-state index contributed by atoms with van der Waals surface area (Å²) in [6.07, 6.45) is 3.99. The van der Waals surface area contributed by atoms with Crippen LogP contribution in [0.3, 0.4) is 0 Å². The third kappa shape index (κ3) is 11.1. The molecule has 9 nitrogen and oxygen atoms in total. The van der Waals surface area contributed by atoms with Crippen LogP contribution in [-0.2, 0) is 28.7 Å². The molecule has 0 spiro atoms. The maximum Gasteiger partial charge on any atom is 0.253 e. The molecular formula is C22H37N3O6. The van der Waals surface area contributed by atoms with Crippen LogP contribution in [-0.4, -0.2) is 72.6 Å². The molecule has 1 aliphatic heterocycles. The molecule has 0 aromatic heterocycles. The van der Waals surface area contributed by atoms with Crippen LogP contribution in [0.25, 0.3) is 0 Å². The SMILES string of the molecule is CCOCCCNC(=O)CC(C)(C)OCCC(C)(C)NC(=O)CCN1C(=O)C=CC1=O. The summed E-state index contributed by atoms with van der Waals surface area (Å²) in [7, 11) is 0. The van der Waals surface area contributed by atoms with E-state index in [0.29, 0.717) is 32.8 Å². The highest BCUT2D eigenvalue weighted by Gasteiger charge is 2.27. The number of imide groups is 1. The Labute approximate surface area is 184 Å². The molecule has 0 fully saturated rings. The number of hydrogen-bond donors (Lipinski definition) is 2. The second-order valence-electron chi connectivity index (χ2n) is 8.78. The highest BCUT2D eigenvalue weighted by Crippen LogP contribution is 2.17. The summed E-state index contributed by atoms with van der Waals surface area (Å²) in [4.78, 5) is 48.4. The van der Waals surface area contributed by atoms with Crippen molar-refractivity contribution in [1.29, 1.82) is 0 Å². The standard InChI is InChI=1S/C22H37N3O6/c1-6-30-14-7-12-23-18(27)16-22(4,5)31-15-11-21(2,3)24-17(26)10-13-25-19(28)8-9-20(25)29/h8-9H,6-7,10-16H2,1-5H3,(H,23,27)(H,24,26). The smallest absolute Gasteiger partial charge is 0.253 e. The summed E-state index contributed by atoms with van der Waals surface area (Å²) in [6.45, 7) is 11.7. The van der Waals surface area contributed by atoms with E-state index in [2.05, 4.69) is 10.6 Å². The molecule has 2 N–H and O–H groups in total. The number of nitrogens with one attached hydrogen (secondary N) is 2. The Morgan fingerprint density at radius 1 is 1.03 bits per heavy atom. The van der Waals surface area contributed by atoms with Gasteiger partial charge in [-0.3, -0.25) is 24.1 Å². The first-order valence-electron chi connectivity index (χ1n) is 10.8. The van der Waals surface area contributed by atoms with Gasteiger partial charge in [-0.05, 0) is 47.5 Å². The maximum absolute atomic E-state index is 12.2. The van der Waals surface area contributed by atoms with Gasteiger partial charge in [0.05, 0.1) is 12.0 Å². The first-order valence-corrected chi connectivity index (χ1v) is 10.8. The predicted molar refractivity (Wildman–Crippen MR) is 116 cm³/mol. The molecule has 1 aliphatic rings. The van der Waals surface area contributed by atoms with Crippen LogP contribution in [0, 0.1) is 0 Å². The molecule has 0 atom stereocenters. The molecule has 0 radical (unpaired) electrons. The Bertz CT molecular complexity index is 654. The largest absolute Gasteiger partial charge is 0.382 e. The number of carbonyl (C=O) groups excluding carboxylic acids is 4. The molecular weight excluding hydrogens is 402 g/mol. The number of rotatable bonds is 15. The molecule has 0 saturated heterocycles. The Balaban J connectivity index is 2.28. The van der Waals surface area contributed by atoms with Gasteiger partial charge in [0, 0.05) is 57.0 Å². The Morgan fingerprint density at radius 3 is 2.29 bits per heavy atom. The summed E-state index contributed by atoms with van der Waals surface area (Å²) >= 11 is 0. The molecule has 176 valence electrons. The zero-order valence-electron chi connectivity index (χ0n) is 19.4. The molecule has 31 heavy (non-hydrogen) atoms. The summed E-state index contributed by atoms with van der Waals surface area (Å²) in [6, 6.07) is 0. The fraction of sp³-hybridized carbons (Fsp3) is 0.727. The lowest BCUT2D eigenvalue weighted by atomic mass is 10.00. The van der Waals surface area contributed by atoms with E-state index in [9.17, 15) is 19.2 Å². The third-order valence-electron chi connectivity index (χ3n) is 4.74. The van der Waals surface area contributed by atoms with E-state index in [-0.39, 0.29) is 31.2 Å². The second kappa shape index (κ2) is 12.6. The monoisotopic (exact) mass is 439 g/mol. The van der Waals surface area contributed by atoms with Crippen LogP contribution >= 0.6 is 0 Å². The lowest BCUT2D eigenvalue weighted by Crippen LogP contribution is -2.46. The van der Waals surface area contributed by atoms with Crippen molar-refractivity contribution in [3.8, 4) is 0 Å². The third-order valence-corrected chi connectivity index (χ3v) is 4.74. The maximum atomic E-state index is 12.2. The van der Waals surface area contributed by atoms with Crippen LogP contribution in [0.2, 0.25) is 0 Å². The average Bonchev–Trinajstić information content (AvgIpc) is 2.96. The van der Waals surface area contributed by atoms with E-state index in [0.717, 1.165) is 11.3 Å². The molecule has 0 aromatic rings. The van der Waals surface area contributed by atoms with Gasteiger partial charge in [-0.25, -0.2) is 0 Å². The van der Waals surface area contributed by atoms with Crippen LogP contribution in [0.1, 0.15) is 60.3 Å². The van der Waals surface area contributed by atoms with E-state index in [4.69, 9.17) is 9.47 Å². The molecule has 0 aliphatic carbocycles. The molecule has 0 bridgehead atoms. The van der Waals surface area contributed by atoms with Gasteiger partial charge in [0.15, 0.2) is 0 Å². The van der Waals surface area contributed by atoms with E-state index < -0.39 is 23.0 Å². The zero-order chi connectivity index (χ0) is 23.5. The number of ether oxygens (including phenoxy) is 2. The first-order chi connectivity index (χ1) is 14.5. The minimum atomic E-state index is -0.631. The van der Waals surface area contributed by atoms with Crippen LogP contribution in [0.15, 0.2) is 12.2 Å². The van der Waals surface area contributed by atoms with Crippen molar-refractivity contribution in [1.82, 2.24) is 15.5 Å². The second-order valence-corrected chi connectivity index (χ2v) is 8.78. The van der Waals surface area contributed by atoms with Crippen LogP contribution in [0.5, 0.6) is 0 Å². The van der Waals surface area contributed by atoms with Crippen molar-refractivity contribution >= 4 is 23.6 Å².